The van der Waals surface area contributed by atoms with Crippen LogP contribution in [0.15, 0.2) is 23.1 Å². The maximum atomic E-state index is 13.3. The highest BCUT2D eigenvalue weighted by atomic mass is 35.5. The third-order valence-corrected chi connectivity index (χ3v) is 9.00. The van der Waals surface area contributed by atoms with Crippen molar-refractivity contribution in [1.29, 1.82) is 0 Å². The molecule has 0 bridgehead atoms. The van der Waals surface area contributed by atoms with Gasteiger partial charge in [0.25, 0.3) is 5.91 Å². The lowest BCUT2D eigenvalue weighted by atomic mass is 9.89. The van der Waals surface area contributed by atoms with E-state index in [0.29, 0.717) is 31.2 Å². The lowest BCUT2D eigenvalue weighted by Crippen LogP contribution is -2.37. The Labute approximate surface area is 192 Å². The van der Waals surface area contributed by atoms with Crippen LogP contribution in [0, 0.1) is 5.92 Å². The predicted octanol–water partition coefficient (Wildman–Crippen LogP) is 4.10. The highest BCUT2D eigenvalue weighted by molar-refractivity contribution is 7.89. The summed E-state index contributed by atoms with van der Waals surface area (Å²) in [6.45, 7) is 8.68. The molecule has 2 fully saturated rings. The van der Waals surface area contributed by atoms with E-state index in [2.05, 4.69) is 4.90 Å². The van der Waals surface area contributed by atoms with Gasteiger partial charge in [-0.3, -0.25) is 4.79 Å². The fourth-order valence-corrected chi connectivity index (χ4v) is 6.49. The van der Waals surface area contributed by atoms with Gasteiger partial charge in [-0.15, -0.1) is 0 Å². The van der Waals surface area contributed by atoms with Gasteiger partial charge in [0.1, 0.15) is 0 Å². The minimum atomic E-state index is -3.64. The van der Waals surface area contributed by atoms with Crippen molar-refractivity contribution in [1.82, 2.24) is 14.1 Å². The fourth-order valence-electron chi connectivity index (χ4n) is 4.80. The van der Waals surface area contributed by atoms with Crippen LogP contribution in [0.2, 0.25) is 5.02 Å². The maximum absolute atomic E-state index is 13.3. The van der Waals surface area contributed by atoms with Crippen molar-refractivity contribution in [2.75, 3.05) is 45.8 Å². The number of halogens is 1. The van der Waals surface area contributed by atoms with Crippen molar-refractivity contribution in [2.24, 2.45) is 5.92 Å². The molecular formula is C23H36ClN3O3S. The summed E-state index contributed by atoms with van der Waals surface area (Å²) >= 11 is 6.34. The zero-order valence-electron chi connectivity index (χ0n) is 18.9. The van der Waals surface area contributed by atoms with E-state index in [1.165, 1.54) is 54.6 Å². The SMILES string of the molecule is CCN(CC)S(=O)(=O)c1ccc(Cl)c(C(=O)N2CCCN(CC3CCCCC3)CC2)c1. The van der Waals surface area contributed by atoms with Gasteiger partial charge >= 0.3 is 0 Å². The van der Waals surface area contributed by atoms with Crippen molar-refractivity contribution in [2.45, 2.75) is 57.3 Å². The second-order valence-electron chi connectivity index (χ2n) is 8.68. The quantitative estimate of drug-likeness (QED) is 0.603. The topological polar surface area (TPSA) is 60.9 Å². The van der Waals surface area contributed by atoms with Crippen LogP contribution >= 0.6 is 11.6 Å². The molecule has 1 amide bonds. The van der Waals surface area contributed by atoms with Gasteiger partial charge in [0.15, 0.2) is 0 Å². The molecule has 31 heavy (non-hydrogen) atoms. The van der Waals surface area contributed by atoms with E-state index in [9.17, 15) is 13.2 Å². The Hall–Kier alpha value is -1.15. The summed E-state index contributed by atoms with van der Waals surface area (Å²) in [6.07, 6.45) is 7.62. The number of hydrogen-bond donors (Lipinski definition) is 0. The summed E-state index contributed by atoms with van der Waals surface area (Å²) in [5.41, 5.74) is 0.274. The fraction of sp³-hybridized carbons (Fsp3) is 0.696. The molecule has 1 aromatic carbocycles. The Morgan fingerprint density at radius 2 is 1.74 bits per heavy atom. The van der Waals surface area contributed by atoms with Gasteiger partial charge in [-0.2, -0.15) is 4.31 Å². The molecule has 0 radical (unpaired) electrons. The van der Waals surface area contributed by atoms with E-state index in [4.69, 9.17) is 11.6 Å². The van der Waals surface area contributed by atoms with E-state index >= 15 is 0 Å². The van der Waals surface area contributed by atoms with Crippen molar-refractivity contribution >= 4 is 27.5 Å². The number of carbonyl (C=O) groups excluding carboxylic acids is 1. The second kappa shape index (κ2) is 11.1. The minimum absolute atomic E-state index is 0.123. The molecule has 3 rings (SSSR count). The van der Waals surface area contributed by atoms with Gasteiger partial charge in [-0.05, 0) is 49.9 Å². The average Bonchev–Trinajstić information content (AvgIpc) is 3.00. The van der Waals surface area contributed by atoms with Gasteiger partial charge in [-0.25, -0.2) is 8.42 Å². The first-order chi connectivity index (χ1) is 14.9. The third-order valence-electron chi connectivity index (χ3n) is 6.63. The highest BCUT2D eigenvalue weighted by Gasteiger charge is 2.27. The summed E-state index contributed by atoms with van der Waals surface area (Å²) in [5.74, 6) is 0.605. The lowest BCUT2D eigenvalue weighted by Gasteiger charge is -2.29. The number of nitrogens with zero attached hydrogens (tertiary/aromatic N) is 3. The van der Waals surface area contributed by atoms with Gasteiger partial charge < -0.3 is 9.80 Å². The minimum Gasteiger partial charge on any atom is -0.337 e. The average molecular weight is 470 g/mol. The van der Waals surface area contributed by atoms with Crippen LogP contribution in [0.5, 0.6) is 0 Å². The molecular weight excluding hydrogens is 434 g/mol. The van der Waals surface area contributed by atoms with Gasteiger partial charge in [0, 0.05) is 39.3 Å². The summed E-state index contributed by atoms with van der Waals surface area (Å²) in [6, 6.07) is 4.46. The largest absolute Gasteiger partial charge is 0.337 e. The third kappa shape index (κ3) is 6.01. The molecule has 0 unspecified atom stereocenters. The molecule has 6 nitrogen and oxygen atoms in total. The molecule has 0 spiro atoms. The first kappa shape index (κ1) is 24.5. The van der Waals surface area contributed by atoms with Crippen LogP contribution in [-0.2, 0) is 10.0 Å². The van der Waals surface area contributed by atoms with Crippen LogP contribution in [0.1, 0.15) is 62.7 Å². The zero-order valence-corrected chi connectivity index (χ0v) is 20.4. The Morgan fingerprint density at radius 3 is 2.42 bits per heavy atom. The van der Waals surface area contributed by atoms with Crippen LogP contribution in [0.3, 0.4) is 0 Å². The Kier molecular flexibility index (Phi) is 8.79. The number of rotatable bonds is 7. The van der Waals surface area contributed by atoms with Crippen molar-refractivity contribution in [3.8, 4) is 0 Å². The number of sulfonamides is 1. The van der Waals surface area contributed by atoms with E-state index in [1.807, 2.05) is 4.90 Å². The van der Waals surface area contributed by atoms with Crippen LogP contribution in [0.25, 0.3) is 0 Å². The van der Waals surface area contributed by atoms with Gasteiger partial charge in [0.05, 0.1) is 15.5 Å². The molecule has 0 N–H and O–H groups in total. The monoisotopic (exact) mass is 469 g/mol. The zero-order chi connectivity index (χ0) is 22.4. The number of hydrogen-bond acceptors (Lipinski definition) is 4. The first-order valence-corrected chi connectivity index (χ1v) is 13.5. The van der Waals surface area contributed by atoms with Crippen molar-refractivity contribution < 1.29 is 13.2 Å². The van der Waals surface area contributed by atoms with E-state index in [0.717, 1.165) is 32.0 Å². The lowest BCUT2D eigenvalue weighted by molar-refractivity contribution is 0.0760. The Balaban J connectivity index is 1.70. The van der Waals surface area contributed by atoms with E-state index < -0.39 is 10.0 Å². The molecule has 2 aliphatic rings. The molecule has 8 heteroatoms. The molecule has 0 atom stereocenters. The normalized spacial score (nSPS) is 19.5. The smallest absolute Gasteiger partial charge is 0.255 e. The molecule has 1 aliphatic carbocycles. The molecule has 1 aromatic rings. The number of carbonyl (C=O) groups is 1. The Bertz CT molecular complexity index is 852. The van der Waals surface area contributed by atoms with Gasteiger partial charge in [-0.1, -0.05) is 44.7 Å². The molecule has 0 aromatic heterocycles. The molecule has 174 valence electrons. The molecule has 1 saturated carbocycles. The van der Waals surface area contributed by atoms with Crippen LogP contribution < -0.4 is 0 Å². The summed E-state index contributed by atoms with van der Waals surface area (Å²) in [7, 11) is -3.64. The van der Waals surface area contributed by atoms with Crippen molar-refractivity contribution in [3.05, 3.63) is 28.8 Å². The van der Waals surface area contributed by atoms with Crippen LogP contribution in [-0.4, -0.2) is 74.2 Å². The molecule has 1 saturated heterocycles. The van der Waals surface area contributed by atoms with Gasteiger partial charge in [0.2, 0.25) is 10.0 Å². The van der Waals surface area contributed by atoms with E-state index in [1.54, 1.807) is 13.8 Å². The number of benzene rings is 1. The number of amides is 1. The predicted molar refractivity (Wildman–Crippen MR) is 125 cm³/mol. The summed E-state index contributed by atoms with van der Waals surface area (Å²) in [4.78, 5) is 17.7. The second-order valence-corrected chi connectivity index (χ2v) is 11.0. The molecule has 1 heterocycles. The summed E-state index contributed by atoms with van der Waals surface area (Å²) in [5, 5.41) is 0.298. The van der Waals surface area contributed by atoms with Crippen molar-refractivity contribution in [3.63, 3.8) is 0 Å². The standard InChI is InChI=1S/C23H36ClN3O3S/c1-3-27(4-2)31(29,30)20-11-12-22(24)21(17-20)23(28)26-14-8-13-25(15-16-26)18-19-9-6-5-7-10-19/h11-12,17,19H,3-10,13-16,18H2,1-2H3. The van der Waals surface area contributed by atoms with E-state index in [-0.39, 0.29) is 16.4 Å². The maximum Gasteiger partial charge on any atom is 0.255 e. The molecule has 1 aliphatic heterocycles. The first-order valence-electron chi connectivity index (χ1n) is 11.7. The van der Waals surface area contributed by atoms with Crippen LogP contribution in [0.4, 0.5) is 0 Å². The Morgan fingerprint density at radius 1 is 1.03 bits per heavy atom. The highest BCUT2D eigenvalue weighted by Crippen LogP contribution is 2.26. The summed E-state index contributed by atoms with van der Waals surface area (Å²) < 4.78 is 27.2.